The van der Waals surface area contributed by atoms with Gasteiger partial charge in [0.05, 0.1) is 11.8 Å². The Morgan fingerprint density at radius 1 is 1.10 bits per heavy atom. The van der Waals surface area contributed by atoms with Crippen LogP contribution in [-0.2, 0) is 34.2 Å². The molecule has 0 atom stereocenters. The molecule has 0 radical (unpaired) electrons. The van der Waals surface area contributed by atoms with Crippen LogP contribution in [0.15, 0.2) is 30.3 Å². The Labute approximate surface area is 184 Å². The van der Waals surface area contributed by atoms with Gasteiger partial charge in [-0.25, -0.2) is 18.4 Å². The maximum atomic E-state index is 12.9. The molecule has 0 bridgehead atoms. The van der Waals surface area contributed by atoms with Gasteiger partial charge in [-0.2, -0.15) is 4.31 Å². The third kappa shape index (κ3) is 4.65. The third-order valence-corrected chi connectivity index (χ3v) is 8.68. The Balaban J connectivity index is 1.57. The molecule has 31 heavy (non-hydrogen) atoms. The molecular formula is C23H30N4O3S. The highest BCUT2D eigenvalue weighted by atomic mass is 32.2. The second-order valence-corrected chi connectivity index (χ2v) is 10.8. The van der Waals surface area contributed by atoms with E-state index < -0.39 is 10.0 Å². The maximum Gasteiger partial charge on any atom is 0.228 e. The lowest BCUT2D eigenvalue weighted by molar-refractivity contribution is -0.118. The van der Waals surface area contributed by atoms with Crippen molar-refractivity contribution in [1.82, 2.24) is 14.3 Å². The third-order valence-electron chi connectivity index (χ3n) is 6.37. The number of aromatic nitrogens is 2. The Morgan fingerprint density at radius 2 is 1.81 bits per heavy atom. The van der Waals surface area contributed by atoms with E-state index >= 15 is 0 Å². The second-order valence-electron chi connectivity index (χ2n) is 8.52. The summed E-state index contributed by atoms with van der Waals surface area (Å²) in [6, 6.07) is 10.1. The molecule has 2 aliphatic rings. The van der Waals surface area contributed by atoms with Crippen molar-refractivity contribution in [1.29, 1.82) is 0 Å². The molecule has 1 aromatic heterocycles. The number of hydrogen-bond donors (Lipinski definition) is 0. The van der Waals surface area contributed by atoms with Crippen LogP contribution in [0.25, 0.3) is 0 Å². The number of benzene rings is 1. The van der Waals surface area contributed by atoms with Crippen molar-refractivity contribution < 1.29 is 13.2 Å². The van der Waals surface area contributed by atoms with E-state index in [1.54, 1.807) is 11.9 Å². The average molecular weight is 443 g/mol. The summed E-state index contributed by atoms with van der Waals surface area (Å²) in [5.74, 6) is 1.14. The average Bonchev–Trinajstić information content (AvgIpc) is 3.29. The molecule has 1 aliphatic carbocycles. The minimum atomic E-state index is -3.37. The lowest BCUT2D eigenvalue weighted by Crippen LogP contribution is -2.39. The predicted molar refractivity (Wildman–Crippen MR) is 120 cm³/mol. The number of fused-ring (bicyclic) bond motifs is 1. The quantitative estimate of drug-likeness (QED) is 0.658. The largest absolute Gasteiger partial charge is 0.296 e. The van der Waals surface area contributed by atoms with Gasteiger partial charge in [0.25, 0.3) is 0 Å². The van der Waals surface area contributed by atoms with Crippen LogP contribution in [0, 0.1) is 6.92 Å². The van der Waals surface area contributed by atoms with Crippen LogP contribution in [0.3, 0.4) is 0 Å². The van der Waals surface area contributed by atoms with Crippen LogP contribution in [0.5, 0.6) is 0 Å². The fraction of sp³-hybridized carbons (Fsp3) is 0.522. The molecule has 8 heteroatoms. The highest BCUT2D eigenvalue weighted by molar-refractivity contribution is 7.89. The van der Waals surface area contributed by atoms with Gasteiger partial charge in [0.2, 0.25) is 15.9 Å². The van der Waals surface area contributed by atoms with Crippen molar-refractivity contribution in [3.63, 3.8) is 0 Å². The fourth-order valence-corrected chi connectivity index (χ4v) is 6.29. The summed E-state index contributed by atoms with van der Waals surface area (Å²) in [4.78, 5) is 23.7. The number of aryl methyl sites for hydroxylation is 1. The first-order valence-electron chi connectivity index (χ1n) is 11.0. The van der Waals surface area contributed by atoms with E-state index in [4.69, 9.17) is 0 Å². The second kappa shape index (κ2) is 9.04. The van der Waals surface area contributed by atoms with Gasteiger partial charge in [0.15, 0.2) is 0 Å². The van der Waals surface area contributed by atoms with Gasteiger partial charge in [0, 0.05) is 31.3 Å². The summed E-state index contributed by atoms with van der Waals surface area (Å²) in [5.41, 5.74) is 2.97. The Hall–Kier alpha value is -2.32. The molecule has 2 aromatic rings. The van der Waals surface area contributed by atoms with Crippen LogP contribution in [0.1, 0.15) is 54.7 Å². The van der Waals surface area contributed by atoms with Crippen LogP contribution < -0.4 is 4.90 Å². The SMILES string of the molecule is Cc1nc(CN(C)S(=O)(=O)C2CCCC2)nc2c1CCC(=O)N2CCc1ccccc1. The highest BCUT2D eigenvalue weighted by Gasteiger charge is 2.33. The molecule has 166 valence electrons. The Kier molecular flexibility index (Phi) is 6.39. The number of hydrogen-bond acceptors (Lipinski definition) is 5. The molecular weight excluding hydrogens is 412 g/mol. The minimum absolute atomic E-state index is 0.0550. The lowest BCUT2D eigenvalue weighted by Gasteiger charge is -2.30. The molecule has 1 saturated carbocycles. The number of rotatable bonds is 7. The van der Waals surface area contributed by atoms with E-state index in [2.05, 4.69) is 22.1 Å². The van der Waals surface area contributed by atoms with E-state index in [-0.39, 0.29) is 17.7 Å². The molecule has 7 nitrogen and oxygen atoms in total. The lowest BCUT2D eigenvalue weighted by atomic mass is 10.0. The van der Waals surface area contributed by atoms with E-state index in [0.717, 1.165) is 48.9 Å². The summed E-state index contributed by atoms with van der Waals surface area (Å²) in [7, 11) is -1.77. The van der Waals surface area contributed by atoms with Gasteiger partial charge >= 0.3 is 0 Å². The monoisotopic (exact) mass is 442 g/mol. The number of nitrogens with zero attached hydrogens (tertiary/aromatic N) is 4. The molecule has 0 N–H and O–H groups in total. The standard InChI is InChI=1S/C23H30N4O3S/c1-17-20-12-13-22(28)27(15-14-18-8-4-3-5-9-18)23(20)25-21(24-17)16-26(2)31(29,30)19-10-6-7-11-19/h3-5,8-9,19H,6-7,10-16H2,1-2H3. The van der Waals surface area contributed by atoms with Crippen molar-refractivity contribution in [3.05, 3.63) is 53.0 Å². The molecule has 1 aliphatic heterocycles. The first kappa shape index (κ1) is 21.9. The van der Waals surface area contributed by atoms with Gasteiger partial charge < -0.3 is 0 Å². The number of amides is 1. The fourth-order valence-electron chi connectivity index (χ4n) is 4.56. The van der Waals surface area contributed by atoms with E-state index in [1.807, 2.05) is 25.1 Å². The molecule has 0 unspecified atom stereocenters. The first-order chi connectivity index (χ1) is 14.9. The van der Waals surface area contributed by atoms with Crippen LogP contribution in [0.4, 0.5) is 5.82 Å². The van der Waals surface area contributed by atoms with Crippen molar-refractivity contribution in [2.45, 2.75) is 63.7 Å². The zero-order valence-electron chi connectivity index (χ0n) is 18.2. The number of carbonyl (C=O) groups excluding carboxylic acids is 1. The predicted octanol–water partition coefficient (Wildman–Crippen LogP) is 3.01. The van der Waals surface area contributed by atoms with Crippen LogP contribution in [-0.4, -0.2) is 47.4 Å². The summed E-state index contributed by atoms with van der Waals surface area (Å²) in [6.07, 6.45) is 5.17. The number of anilines is 1. The Bertz CT molecular complexity index is 1050. The zero-order valence-corrected chi connectivity index (χ0v) is 19.1. The summed E-state index contributed by atoms with van der Waals surface area (Å²) in [6.45, 7) is 2.58. The summed E-state index contributed by atoms with van der Waals surface area (Å²) in [5, 5.41) is -0.305. The van der Waals surface area contributed by atoms with Gasteiger partial charge in [0.1, 0.15) is 11.6 Å². The molecule has 0 saturated heterocycles. The van der Waals surface area contributed by atoms with Gasteiger partial charge in [-0.15, -0.1) is 0 Å². The van der Waals surface area contributed by atoms with E-state index in [0.29, 0.717) is 31.0 Å². The molecule has 0 spiro atoms. The van der Waals surface area contributed by atoms with Crippen LogP contribution >= 0.6 is 0 Å². The highest BCUT2D eigenvalue weighted by Crippen LogP contribution is 2.30. The van der Waals surface area contributed by atoms with E-state index in [9.17, 15) is 13.2 Å². The van der Waals surface area contributed by atoms with Crippen molar-refractivity contribution in [3.8, 4) is 0 Å². The zero-order chi connectivity index (χ0) is 22.0. The maximum absolute atomic E-state index is 12.9. The summed E-state index contributed by atoms with van der Waals surface area (Å²) >= 11 is 0. The smallest absolute Gasteiger partial charge is 0.228 e. The molecule has 4 rings (SSSR count). The molecule has 1 aromatic carbocycles. The minimum Gasteiger partial charge on any atom is -0.296 e. The van der Waals surface area contributed by atoms with Crippen molar-refractivity contribution in [2.24, 2.45) is 0 Å². The van der Waals surface area contributed by atoms with Crippen LogP contribution in [0.2, 0.25) is 0 Å². The normalized spacial score (nSPS) is 17.4. The molecule has 2 heterocycles. The first-order valence-corrected chi connectivity index (χ1v) is 12.5. The summed E-state index contributed by atoms with van der Waals surface area (Å²) < 4.78 is 27.2. The van der Waals surface area contributed by atoms with Gasteiger partial charge in [-0.1, -0.05) is 43.2 Å². The number of sulfonamides is 1. The van der Waals surface area contributed by atoms with Crippen molar-refractivity contribution >= 4 is 21.7 Å². The molecule has 1 fully saturated rings. The molecule has 1 amide bonds. The Morgan fingerprint density at radius 3 is 2.52 bits per heavy atom. The number of carbonyl (C=O) groups is 1. The topological polar surface area (TPSA) is 83.5 Å². The van der Waals surface area contributed by atoms with Crippen molar-refractivity contribution in [2.75, 3.05) is 18.5 Å². The van der Waals surface area contributed by atoms with Gasteiger partial charge in [-0.3, -0.25) is 9.69 Å². The van der Waals surface area contributed by atoms with E-state index in [1.165, 1.54) is 4.31 Å². The van der Waals surface area contributed by atoms with Gasteiger partial charge in [-0.05, 0) is 38.2 Å².